The lowest BCUT2D eigenvalue weighted by Crippen LogP contribution is -2.43. The fraction of sp³-hybridized carbons (Fsp3) is 0.579. The molecule has 15 nitrogen and oxygen atoms in total. The van der Waals surface area contributed by atoms with Gasteiger partial charge in [0.25, 0.3) is 0 Å². The number of nitrogens with one attached hydrogen (secondary N) is 2. The molecule has 0 aromatic carbocycles. The molecule has 15 heteroatoms. The Kier molecular flexibility index (Phi) is 6.35. The fourth-order valence-corrected chi connectivity index (χ4v) is 3.99. The number of carboxylic acid groups (broad SMARTS) is 2. The second-order valence-electron chi connectivity index (χ2n) is 8.28. The molecule has 184 valence electrons. The van der Waals surface area contributed by atoms with Gasteiger partial charge in [-0.05, 0) is 20.3 Å². The number of hydrogen-bond donors (Lipinski definition) is 5. The number of rotatable bonds is 8. The zero-order valence-electron chi connectivity index (χ0n) is 18.2. The number of imidazole rings is 1. The summed E-state index contributed by atoms with van der Waals surface area (Å²) in [5.74, 6) is -3.43. The van der Waals surface area contributed by atoms with Crippen molar-refractivity contribution < 1.29 is 43.9 Å². The van der Waals surface area contributed by atoms with Crippen molar-refractivity contribution in [1.82, 2.24) is 24.8 Å². The molecule has 34 heavy (non-hydrogen) atoms. The van der Waals surface area contributed by atoms with E-state index in [1.807, 2.05) is 0 Å². The van der Waals surface area contributed by atoms with E-state index in [2.05, 4.69) is 25.6 Å². The van der Waals surface area contributed by atoms with Gasteiger partial charge in [0.15, 0.2) is 29.0 Å². The summed E-state index contributed by atoms with van der Waals surface area (Å²) in [5, 5.41) is 32.3. The SMILES string of the molecule is CC1(C)O[C@@H]2[C@H](O1)[C@@H](CO)O[C@H]2n1cnc2c(NC(=O)N[C@@H](CCC(=O)O)C(=O)O)ncnc21. The Hall–Kier alpha value is -3.40. The molecule has 5 N–H and O–H groups in total. The third-order valence-corrected chi connectivity index (χ3v) is 5.42. The molecule has 2 fully saturated rings. The molecule has 0 radical (unpaired) electrons. The minimum Gasteiger partial charge on any atom is -0.481 e. The Labute approximate surface area is 192 Å². The lowest BCUT2D eigenvalue weighted by molar-refractivity contribution is -0.199. The van der Waals surface area contributed by atoms with E-state index in [0.717, 1.165) is 0 Å². The van der Waals surface area contributed by atoms with Crippen molar-refractivity contribution in [1.29, 1.82) is 0 Å². The first-order valence-electron chi connectivity index (χ1n) is 10.4. The van der Waals surface area contributed by atoms with Crippen LogP contribution < -0.4 is 10.6 Å². The van der Waals surface area contributed by atoms with Crippen LogP contribution in [0.15, 0.2) is 12.7 Å². The maximum Gasteiger partial charge on any atom is 0.326 e. The van der Waals surface area contributed by atoms with E-state index in [-0.39, 0.29) is 24.4 Å². The van der Waals surface area contributed by atoms with Crippen LogP contribution >= 0.6 is 0 Å². The van der Waals surface area contributed by atoms with Crippen LogP contribution in [0.2, 0.25) is 0 Å². The molecular weight excluding hydrogens is 456 g/mol. The number of nitrogens with zero attached hydrogens (tertiary/aromatic N) is 4. The number of amides is 2. The van der Waals surface area contributed by atoms with E-state index in [1.54, 1.807) is 18.4 Å². The number of carboxylic acids is 2. The smallest absolute Gasteiger partial charge is 0.326 e. The summed E-state index contributed by atoms with van der Waals surface area (Å²) in [4.78, 5) is 46.9. The van der Waals surface area contributed by atoms with Gasteiger partial charge in [0, 0.05) is 6.42 Å². The molecule has 0 spiro atoms. The number of aromatic nitrogens is 4. The first-order valence-corrected chi connectivity index (χ1v) is 10.4. The topological polar surface area (TPSA) is 207 Å². The lowest BCUT2D eigenvalue weighted by Gasteiger charge is -2.24. The van der Waals surface area contributed by atoms with Gasteiger partial charge in [0.2, 0.25) is 0 Å². The highest BCUT2D eigenvalue weighted by Gasteiger charge is 2.56. The molecule has 4 rings (SSSR count). The number of carbonyl (C=O) groups is 3. The van der Waals surface area contributed by atoms with E-state index in [4.69, 9.17) is 19.3 Å². The van der Waals surface area contributed by atoms with Crippen molar-refractivity contribution >= 4 is 35.0 Å². The number of aliphatic hydroxyl groups is 1. The van der Waals surface area contributed by atoms with E-state index < -0.39 is 60.8 Å². The quantitative estimate of drug-likeness (QED) is 0.329. The van der Waals surface area contributed by atoms with Crippen LogP contribution in [0, 0.1) is 0 Å². The van der Waals surface area contributed by atoms with Crippen molar-refractivity contribution in [3.8, 4) is 0 Å². The van der Waals surface area contributed by atoms with Crippen LogP contribution in [0.3, 0.4) is 0 Å². The average molecular weight is 480 g/mol. The predicted molar refractivity (Wildman–Crippen MR) is 111 cm³/mol. The Morgan fingerprint density at radius 1 is 1.18 bits per heavy atom. The van der Waals surface area contributed by atoms with Crippen molar-refractivity contribution in [2.45, 2.75) is 63.1 Å². The van der Waals surface area contributed by atoms with Crippen LogP contribution in [0.25, 0.3) is 11.2 Å². The Morgan fingerprint density at radius 2 is 1.91 bits per heavy atom. The summed E-state index contributed by atoms with van der Waals surface area (Å²) in [7, 11) is 0. The minimum atomic E-state index is -1.41. The molecule has 2 aliphatic rings. The molecular formula is C19H24N6O9. The van der Waals surface area contributed by atoms with E-state index in [1.165, 1.54) is 12.7 Å². The predicted octanol–water partition coefficient (Wildman–Crippen LogP) is -0.324. The highest BCUT2D eigenvalue weighted by atomic mass is 16.8. The molecule has 2 amide bonds. The summed E-state index contributed by atoms with van der Waals surface area (Å²) in [6, 6.07) is -2.31. The van der Waals surface area contributed by atoms with Crippen LogP contribution in [0.5, 0.6) is 0 Å². The molecule has 0 bridgehead atoms. The largest absolute Gasteiger partial charge is 0.481 e. The zero-order valence-corrected chi connectivity index (χ0v) is 18.2. The Balaban J connectivity index is 1.54. The van der Waals surface area contributed by atoms with Gasteiger partial charge in [-0.1, -0.05) is 0 Å². The van der Waals surface area contributed by atoms with Crippen molar-refractivity contribution in [3.05, 3.63) is 12.7 Å². The highest BCUT2D eigenvalue weighted by Crippen LogP contribution is 2.43. The molecule has 0 unspecified atom stereocenters. The summed E-state index contributed by atoms with van der Waals surface area (Å²) in [5.41, 5.74) is 0.488. The normalized spacial score (nSPS) is 26.2. The van der Waals surface area contributed by atoms with Gasteiger partial charge in [-0.15, -0.1) is 0 Å². The summed E-state index contributed by atoms with van der Waals surface area (Å²) in [6.45, 7) is 3.23. The monoisotopic (exact) mass is 480 g/mol. The molecule has 2 aromatic rings. The molecule has 4 heterocycles. The number of fused-ring (bicyclic) bond motifs is 2. The van der Waals surface area contributed by atoms with Gasteiger partial charge in [0.05, 0.1) is 12.9 Å². The molecule has 2 aliphatic heterocycles. The van der Waals surface area contributed by atoms with E-state index >= 15 is 0 Å². The molecule has 5 atom stereocenters. The number of urea groups is 1. The Morgan fingerprint density at radius 3 is 2.59 bits per heavy atom. The number of aliphatic hydroxyl groups excluding tert-OH is 1. The number of carbonyl (C=O) groups excluding carboxylic acids is 1. The molecule has 2 aromatic heterocycles. The average Bonchev–Trinajstić information content (AvgIpc) is 3.41. The first kappa shape index (κ1) is 23.7. The van der Waals surface area contributed by atoms with Gasteiger partial charge < -0.3 is 34.8 Å². The van der Waals surface area contributed by atoms with Crippen LogP contribution in [0.1, 0.15) is 32.9 Å². The van der Waals surface area contributed by atoms with E-state index in [0.29, 0.717) is 5.65 Å². The number of aliphatic carboxylic acids is 2. The standard InChI is InChI=1S/C19H24N6O9/c1-19(2)33-12-9(5-26)32-16(13(12)34-19)25-7-22-11-14(20-6-21-15(11)25)24-18(31)23-8(17(29)30)3-4-10(27)28/h6-9,12-13,16,26H,3-5H2,1-2H3,(H,27,28)(H,29,30)(H2,20,21,23,24,31)/t8-,9+,12+,13+,16+/m0/s1. The molecule has 0 aliphatic carbocycles. The second-order valence-corrected chi connectivity index (χ2v) is 8.28. The number of anilines is 1. The van der Waals surface area contributed by atoms with Gasteiger partial charge in [-0.3, -0.25) is 14.7 Å². The zero-order chi connectivity index (χ0) is 24.6. The van der Waals surface area contributed by atoms with Crippen LogP contribution in [-0.2, 0) is 23.8 Å². The first-order chi connectivity index (χ1) is 16.1. The summed E-state index contributed by atoms with van der Waals surface area (Å²) in [6.07, 6.45) is -0.530. The molecule has 0 saturated carbocycles. The van der Waals surface area contributed by atoms with Gasteiger partial charge >= 0.3 is 18.0 Å². The second kappa shape index (κ2) is 9.09. The van der Waals surface area contributed by atoms with Gasteiger partial charge in [-0.25, -0.2) is 24.5 Å². The van der Waals surface area contributed by atoms with Crippen LogP contribution in [0.4, 0.5) is 10.6 Å². The number of hydrogen-bond acceptors (Lipinski definition) is 10. The minimum absolute atomic E-state index is 0.000739. The van der Waals surface area contributed by atoms with Crippen LogP contribution in [-0.4, -0.2) is 89.6 Å². The molecule has 2 saturated heterocycles. The van der Waals surface area contributed by atoms with Crippen molar-refractivity contribution in [2.24, 2.45) is 0 Å². The third-order valence-electron chi connectivity index (χ3n) is 5.42. The summed E-state index contributed by atoms with van der Waals surface area (Å²) >= 11 is 0. The highest BCUT2D eigenvalue weighted by molar-refractivity contribution is 5.97. The van der Waals surface area contributed by atoms with E-state index in [9.17, 15) is 24.6 Å². The maximum absolute atomic E-state index is 12.4. The maximum atomic E-state index is 12.4. The van der Waals surface area contributed by atoms with Crippen molar-refractivity contribution in [3.63, 3.8) is 0 Å². The lowest BCUT2D eigenvalue weighted by atomic mass is 10.1. The van der Waals surface area contributed by atoms with Gasteiger partial charge in [-0.2, -0.15) is 0 Å². The third kappa shape index (κ3) is 4.63. The summed E-state index contributed by atoms with van der Waals surface area (Å²) < 4.78 is 19.3. The van der Waals surface area contributed by atoms with Crippen molar-refractivity contribution in [2.75, 3.05) is 11.9 Å². The number of ether oxygens (including phenoxy) is 3. The van der Waals surface area contributed by atoms with Gasteiger partial charge in [0.1, 0.15) is 30.7 Å². The fourth-order valence-electron chi connectivity index (χ4n) is 3.99. The Bertz CT molecular complexity index is 1110.